The predicted octanol–water partition coefficient (Wildman–Crippen LogP) is 3.46. The summed E-state index contributed by atoms with van der Waals surface area (Å²) in [4.78, 5) is 29.0. The molecule has 3 rings (SSSR count). The Morgan fingerprint density at radius 2 is 1.81 bits per heavy atom. The van der Waals surface area contributed by atoms with Crippen LogP contribution >= 0.6 is 11.8 Å². The number of carbonyl (C=O) groups is 2. The van der Waals surface area contributed by atoms with E-state index in [2.05, 4.69) is 21.8 Å². The van der Waals surface area contributed by atoms with Crippen molar-refractivity contribution >= 4 is 34.5 Å². The third kappa shape index (κ3) is 4.77. The lowest BCUT2D eigenvalue weighted by Crippen LogP contribution is -2.42. The standard InChI is InChI=1S/C21H23N3O2S/c1-3-24-19-12-8-7-11-17(19)23-21(24)27-14-20(26)22-18(15(2)25)13-16-9-5-4-6-10-16/h4-12,18H,3,13-14H2,1-2H3,(H,22,26)/t18-/m1/s1. The zero-order valence-electron chi connectivity index (χ0n) is 15.5. The summed E-state index contributed by atoms with van der Waals surface area (Å²) in [5.41, 5.74) is 3.01. The summed E-state index contributed by atoms with van der Waals surface area (Å²) in [7, 11) is 0. The number of nitrogens with one attached hydrogen (secondary N) is 1. The maximum atomic E-state index is 12.4. The summed E-state index contributed by atoms with van der Waals surface area (Å²) in [5, 5.41) is 3.68. The van der Waals surface area contributed by atoms with Crippen molar-refractivity contribution in [3.8, 4) is 0 Å². The zero-order valence-corrected chi connectivity index (χ0v) is 16.3. The van der Waals surface area contributed by atoms with Gasteiger partial charge < -0.3 is 9.88 Å². The van der Waals surface area contributed by atoms with E-state index in [0.29, 0.717) is 6.42 Å². The molecule has 2 aromatic carbocycles. The van der Waals surface area contributed by atoms with Crippen LogP contribution in [0.15, 0.2) is 59.8 Å². The van der Waals surface area contributed by atoms with Crippen LogP contribution in [0.5, 0.6) is 0 Å². The summed E-state index contributed by atoms with van der Waals surface area (Å²) in [6, 6.07) is 17.1. The van der Waals surface area contributed by atoms with Gasteiger partial charge in [-0.2, -0.15) is 0 Å². The van der Waals surface area contributed by atoms with Gasteiger partial charge in [0.15, 0.2) is 10.9 Å². The first-order valence-corrected chi connectivity index (χ1v) is 9.99. The third-order valence-corrected chi connectivity index (χ3v) is 5.35. The van der Waals surface area contributed by atoms with E-state index in [9.17, 15) is 9.59 Å². The van der Waals surface area contributed by atoms with E-state index in [1.807, 2.05) is 54.6 Å². The number of hydrogen-bond acceptors (Lipinski definition) is 4. The molecule has 1 N–H and O–H groups in total. The van der Waals surface area contributed by atoms with Gasteiger partial charge >= 0.3 is 0 Å². The van der Waals surface area contributed by atoms with Crippen molar-refractivity contribution in [1.82, 2.24) is 14.9 Å². The highest BCUT2D eigenvalue weighted by atomic mass is 32.2. The van der Waals surface area contributed by atoms with Crippen molar-refractivity contribution in [3.05, 3.63) is 60.2 Å². The number of amides is 1. The minimum absolute atomic E-state index is 0.0435. The molecule has 0 aliphatic carbocycles. The van der Waals surface area contributed by atoms with Gasteiger partial charge in [0, 0.05) is 6.54 Å². The SMILES string of the molecule is CCn1c(SCC(=O)N[C@H](Cc2ccccc2)C(C)=O)nc2ccccc21. The highest BCUT2D eigenvalue weighted by Crippen LogP contribution is 2.23. The fourth-order valence-corrected chi connectivity index (χ4v) is 3.87. The Labute approximate surface area is 163 Å². The number of fused-ring (bicyclic) bond motifs is 1. The van der Waals surface area contributed by atoms with Crippen LogP contribution in [0.4, 0.5) is 0 Å². The van der Waals surface area contributed by atoms with Gasteiger partial charge in [-0.25, -0.2) is 4.98 Å². The Morgan fingerprint density at radius 3 is 2.52 bits per heavy atom. The monoisotopic (exact) mass is 381 g/mol. The number of imidazole rings is 1. The number of nitrogens with zero attached hydrogens (tertiary/aromatic N) is 2. The number of rotatable bonds is 8. The van der Waals surface area contributed by atoms with E-state index < -0.39 is 6.04 Å². The fourth-order valence-electron chi connectivity index (χ4n) is 2.98. The highest BCUT2D eigenvalue weighted by Gasteiger charge is 2.18. The van der Waals surface area contributed by atoms with E-state index in [0.717, 1.165) is 28.3 Å². The fraction of sp³-hybridized carbons (Fsp3) is 0.286. The number of Topliss-reactive ketones (excluding diaryl/α,β-unsaturated/α-hetero) is 1. The molecule has 6 heteroatoms. The summed E-state index contributed by atoms with van der Waals surface area (Å²) >= 11 is 1.39. The summed E-state index contributed by atoms with van der Waals surface area (Å²) < 4.78 is 2.10. The smallest absolute Gasteiger partial charge is 0.231 e. The largest absolute Gasteiger partial charge is 0.345 e. The summed E-state index contributed by atoms with van der Waals surface area (Å²) in [6.07, 6.45) is 0.500. The van der Waals surface area contributed by atoms with Crippen molar-refractivity contribution in [1.29, 1.82) is 0 Å². The summed E-state index contributed by atoms with van der Waals surface area (Å²) in [5.74, 6) is 0.0193. The average molecular weight is 382 g/mol. The van der Waals surface area contributed by atoms with Crippen LogP contribution in [-0.4, -0.2) is 33.0 Å². The molecular weight excluding hydrogens is 358 g/mol. The maximum absolute atomic E-state index is 12.4. The second-order valence-electron chi connectivity index (χ2n) is 6.34. The average Bonchev–Trinajstić information content (AvgIpc) is 3.04. The van der Waals surface area contributed by atoms with Crippen LogP contribution in [0.2, 0.25) is 0 Å². The minimum atomic E-state index is -0.509. The third-order valence-electron chi connectivity index (χ3n) is 4.38. The Balaban J connectivity index is 1.64. The van der Waals surface area contributed by atoms with Gasteiger partial charge in [-0.1, -0.05) is 54.2 Å². The van der Waals surface area contributed by atoms with E-state index in [4.69, 9.17) is 0 Å². The lowest BCUT2D eigenvalue weighted by molar-refractivity contribution is -0.125. The number of carbonyl (C=O) groups excluding carboxylic acids is 2. The molecule has 0 bridgehead atoms. The van der Waals surface area contributed by atoms with Crippen LogP contribution < -0.4 is 5.32 Å². The maximum Gasteiger partial charge on any atom is 0.231 e. The van der Waals surface area contributed by atoms with Crippen molar-refractivity contribution in [2.75, 3.05) is 5.75 Å². The first-order valence-electron chi connectivity index (χ1n) is 9.00. The van der Waals surface area contributed by atoms with Crippen LogP contribution in [0.25, 0.3) is 11.0 Å². The van der Waals surface area contributed by atoms with Crippen LogP contribution in [0.1, 0.15) is 19.4 Å². The van der Waals surface area contributed by atoms with Crippen molar-refractivity contribution in [3.63, 3.8) is 0 Å². The molecule has 1 heterocycles. The molecule has 27 heavy (non-hydrogen) atoms. The quantitative estimate of drug-likeness (QED) is 0.607. The Kier molecular flexibility index (Phi) is 6.29. The number of benzene rings is 2. The number of ketones is 1. The number of para-hydroxylation sites is 2. The van der Waals surface area contributed by atoms with Crippen molar-refractivity contribution < 1.29 is 9.59 Å². The predicted molar refractivity (Wildman–Crippen MR) is 109 cm³/mol. The number of hydrogen-bond donors (Lipinski definition) is 1. The topological polar surface area (TPSA) is 64.0 Å². The van der Waals surface area contributed by atoms with E-state index >= 15 is 0 Å². The van der Waals surface area contributed by atoms with Crippen LogP contribution in [0.3, 0.4) is 0 Å². The first kappa shape index (κ1) is 19.2. The van der Waals surface area contributed by atoms with Gasteiger partial charge in [0.25, 0.3) is 0 Å². The van der Waals surface area contributed by atoms with Gasteiger partial charge in [0.05, 0.1) is 22.8 Å². The van der Waals surface area contributed by atoms with Gasteiger partial charge in [-0.3, -0.25) is 9.59 Å². The molecular formula is C21H23N3O2S. The van der Waals surface area contributed by atoms with E-state index in [1.54, 1.807) is 0 Å². The first-order chi connectivity index (χ1) is 13.1. The van der Waals surface area contributed by atoms with Crippen LogP contribution in [0, 0.1) is 0 Å². The van der Waals surface area contributed by atoms with Gasteiger partial charge in [-0.15, -0.1) is 0 Å². The molecule has 1 amide bonds. The minimum Gasteiger partial charge on any atom is -0.345 e. The normalized spacial score (nSPS) is 12.1. The molecule has 0 saturated carbocycles. The lowest BCUT2D eigenvalue weighted by Gasteiger charge is -2.16. The highest BCUT2D eigenvalue weighted by molar-refractivity contribution is 7.99. The molecule has 140 valence electrons. The van der Waals surface area contributed by atoms with Gasteiger partial charge in [-0.05, 0) is 38.0 Å². The van der Waals surface area contributed by atoms with Gasteiger partial charge in [0.2, 0.25) is 5.91 Å². The molecule has 3 aromatic rings. The molecule has 0 aliphatic heterocycles. The molecule has 1 atom stereocenters. The van der Waals surface area contributed by atoms with E-state index in [1.165, 1.54) is 18.7 Å². The zero-order chi connectivity index (χ0) is 19.2. The molecule has 1 aromatic heterocycles. The molecule has 0 aliphatic rings. The van der Waals surface area contributed by atoms with Gasteiger partial charge in [0.1, 0.15) is 0 Å². The number of aryl methyl sites for hydroxylation is 1. The molecule has 0 radical (unpaired) electrons. The molecule has 0 fully saturated rings. The molecule has 0 saturated heterocycles. The summed E-state index contributed by atoms with van der Waals surface area (Å²) in [6.45, 7) is 4.36. The Morgan fingerprint density at radius 1 is 1.11 bits per heavy atom. The number of thioether (sulfide) groups is 1. The lowest BCUT2D eigenvalue weighted by atomic mass is 10.0. The molecule has 0 unspecified atom stereocenters. The molecule has 5 nitrogen and oxygen atoms in total. The van der Waals surface area contributed by atoms with E-state index in [-0.39, 0.29) is 17.4 Å². The second kappa shape index (κ2) is 8.86. The number of aromatic nitrogens is 2. The molecule has 0 spiro atoms. The Bertz CT molecular complexity index is 937. The van der Waals surface area contributed by atoms with Crippen molar-refractivity contribution in [2.24, 2.45) is 0 Å². The van der Waals surface area contributed by atoms with Crippen molar-refractivity contribution in [2.45, 2.75) is 38.0 Å². The Hall–Kier alpha value is -2.60. The van der Waals surface area contributed by atoms with Crippen LogP contribution in [-0.2, 0) is 22.6 Å². The second-order valence-corrected chi connectivity index (χ2v) is 7.28.